The number of aromatic carboxylic acids is 5. The quantitative estimate of drug-likeness (QED) is 0.0391. The summed E-state index contributed by atoms with van der Waals surface area (Å²) in [5, 5.41) is 106. The van der Waals surface area contributed by atoms with Gasteiger partial charge in [-0.2, -0.15) is 0 Å². The molecule has 0 saturated heterocycles. The Morgan fingerprint density at radius 3 is 1.41 bits per heavy atom. The molecule has 0 amide bonds. The molecule has 412 valence electrons. The number of benzene rings is 5. The van der Waals surface area contributed by atoms with E-state index in [1.807, 2.05) is 6.92 Å². The normalized spacial score (nSPS) is 11.9. The predicted molar refractivity (Wildman–Crippen MR) is 294 cm³/mol. The number of hydrogen-bond donors (Lipinski definition) is 19. The molecule has 5 aromatic rings. The van der Waals surface area contributed by atoms with Crippen molar-refractivity contribution in [1.82, 2.24) is 5.32 Å². The monoisotopic (exact) mass is 1120 g/mol. The zero-order valence-electron chi connectivity index (χ0n) is 40.6. The van der Waals surface area contributed by atoms with Gasteiger partial charge in [-0.1, -0.05) is 25.6 Å². The molecular formula is C47H59ClN10O16S2. The first-order valence-electron chi connectivity index (χ1n) is 21.3. The topological polar surface area (TPSA) is 499 Å². The number of hydrogen-bond acceptors (Lipinski definition) is 20. The van der Waals surface area contributed by atoms with Crippen LogP contribution in [0.15, 0.2) is 101 Å². The third kappa shape index (κ3) is 27.2. The van der Waals surface area contributed by atoms with Gasteiger partial charge < -0.3 is 101 Å². The molecule has 5 aromatic carbocycles. The molecule has 26 nitrogen and oxygen atoms in total. The first-order valence-corrected chi connectivity index (χ1v) is 22.9. The van der Waals surface area contributed by atoms with Gasteiger partial charge in [0, 0.05) is 60.5 Å². The average Bonchev–Trinajstić information content (AvgIpc) is 3.31. The number of nitrogens with one attached hydrogen (secondary N) is 3. The zero-order chi connectivity index (χ0) is 57.1. The Morgan fingerprint density at radius 2 is 1.03 bits per heavy atom. The second-order valence-corrected chi connectivity index (χ2v) is 16.6. The number of nitrogen functional groups attached to an aromatic ring is 1. The predicted octanol–water partition coefficient (Wildman–Crippen LogP) is 4.67. The summed E-state index contributed by atoms with van der Waals surface area (Å²) in [7, 11) is 0. The molecule has 0 spiro atoms. The van der Waals surface area contributed by atoms with Crippen LogP contribution < -0.4 is 44.6 Å². The number of guanidine groups is 1. The molecular weight excluding hydrogens is 1060 g/mol. The van der Waals surface area contributed by atoms with Crippen LogP contribution >= 0.6 is 36.4 Å². The smallest absolute Gasteiger partial charge is 0.335 e. The van der Waals surface area contributed by atoms with Crippen LogP contribution in [-0.4, -0.2) is 135 Å². The summed E-state index contributed by atoms with van der Waals surface area (Å²) in [5.41, 5.74) is 27.5. The lowest BCUT2D eigenvalue weighted by atomic mass is 10.1. The van der Waals surface area contributed by atoms with Gasteiger partial charge in [0.1, 0.15) is 34.5 Å². The van der Waals surface area contributed by atoms with Gasteiger partial charge in [0.15, 0.2) is 16.2 Å². The SMILES string of the molecule is CC(CN)CN.CC1CN=C(Nc2cc(O)cc(C(=O)O)c2)NC1.CSC(N)=Nc1cc(O)cc(C(=O)O)c1.Cl.NC(=S)Nc1cc(O)cc(C(=O)O)c1.Nc1cc(O)cc(C(=O)O)c1.O=C(O)c1cc(O)cc(O)c1. The molecule has 24 N–H and O–H groups in total. The average molecular weight is 1120 g/mol. The van der Waals surface area contributed by atoms with Crippen molar-refractivity contribution in [3.8, 4) is 34.5 Å². The van der Waals surface area contributed by atoms with Crippen molar-refractivity contribution >= 4 is 105 Å². The van der Waals surface area contributed by atoms with Crippen LogP contribution in [-0.2, 0) is 0 Å². The lowest BCUT2D eigenvalue weighted by Crippen LogP contribution is -2.39. The number of anilines is 3. The number of thioether (sulfide) groups is 1. The summed E-state index contributed by atoms with van der Waals surface area (Å²) in [5.74, 6) is -5.13. The largest absolute Gasteiger partial charge is 0.508 e. The van der Waals surface area contributed by atoms with E-state index in [9.17, 15) is 34.2 Å². The standard InChI is InChI=1S/C12H15N3O3.C9H10N2O3S.C8H8N2O3S.C7H7NO3.C7H6O4.C4H12N2.ClH/c1-7-5-13-12(14-6-7)15-9-2-8(11(17)18)3-10(16)4-9;1-15-9(10)11-6-2-5(8(13)14)3-7(12)4-6;9-8(14)10-5-1-4(7(12)13)2-6(11)3-5;2*8-5-1-4(7(10)11)2-6(9)3-5;1-4(2-5)3-6;/h2-4,7,16H,5-6H2,1H3,(H,17,18)(H2,13,14,15);2-4,12H,1H3,(H2,10,11)(H,13,14);1-3,11H,(H,12,13)(H3,9,10,14);1-3,9H,8H2,(H,10,11);1-3,8-9H,(H,10,11);4H,2-3,5-6H2,1H3;1H. The molecule has 0 aromatic heterocycles. The summed E-state index contributed by atoms with van der Waals surface area (Å²) in [6, 6.07) is 18.6. The first-order chi connectivity index (χ1) is 35.0. The van der Waals surface area contributed by atoms with Gasteiger partial charge in [-0.25, -0.2) is 29.0 Å². The number of nitrogens with zero attached hydrogens (tertiary/aromatic N) is 2. The summed E-state index contributed by atoms with van der Waals surface area (Å²) in [4.78, 5) is 60.9. The number of phenols is 6. The van der Waals surface area contributed by atoms with E-state index in [0.29, 0.717) is 53.1 Å². The van der Waals surface area contributed by atoms with Gasteiger partial charge in [0.05, 0.1) is 33.5 Å². The van der Waals surface area contributed by atoms with Crippen LogP contribution in [0.1, 0.15) is 65.6 Å². The van der Waals surface area contributed by atoms with Gasteiger partial charge in [0.2, 0.25) is 0 Å². The van der Waals surface area contributed by atoms with Crippen LogP contribution in [0.5, 0.6) is 34.5 Å². The van der Waals surface area contributed by atoms with Crippen molar-refractivity contribution in [1.29, 1.82) is 0 Å². The van der Waals surface area contributed by atoms with Crippen molar-refractivity contribution in [2.45, 2.75) is 13.8 Å². The molecule has 1 aliphatic heterocycles. The van der Waals surface area contributed by atoms with Crippen molar-refractivity contribution < 1.29 is 80.1 Å². The summed E-state index contributed by atoms with van der Waals surface area (Å²) < 4.78 is 0. The van der Waals surface area contributed by atoms with Crippen molar-refractivity contribution in [2.24, 2.45) is 44.8 Å². The number of thiocarbonyl (C=S) groups is 1. The Kier molecular flexibility index (Phi) is 29.7. The van der Waals surface area contributed by atoms with Crippen LogP contribution in [0.3, 0.4) is 0 Å². The van der Waals surface area contributed by atoms with E-state index in [2.05, 4.69) is 45.1 Å². The Hall–Kier alpha value is -8.96. The van der Waals surface area contributed by atoms with E-state index in [4.69, 9.17) is 74.6 Å². The molecule has 1 atom stereocenters. The summed E-state index contributed by atoms with van der Waals surface area (Å²) in [6.45, 7) is 7.06. The number of carboxylic acid groups (broad SMARTS) is 5. The van der Waals surface area contributed by atoms with Crippen molar-refractivity contribution in [3.05, 3.63) is 119 Å². The third-order valence-electron chi connectivity index (χ3n) is 8.78. The number of phenolic OH excluding ortho intramolecular Hbond substituents is 6. The number of rotatable bonds is 10. The first kappa shape index (κ1) is 67.0. The molecule has 1 aliphatic rings. The minimum Gasteiger partial charge on any atom is -0.508 e. The zero-order valence-corrected chi connectivity index (χ0v) is 43.1. The maximum absolute atomic E-state index is 10.9. The van der Waals surface area contributed by atoms with E-state index in [1.54, 1.807) is 6.26 Å². The number of halogens is 1. The fraction of sp³-hybridized carbons (Fsp3) is 0.191. The van der Waals surface area contributed by atoms with Crippen molar-refractivity contribution in [2.75, 3.05) is 48.8 Å². The van der Waals surface area contributed by atoms with Gasteiger partial charge in [0.25, 0.3) is 0 Å². The minimum atomic E-state index is -1.18. The third-order valence-corrected chi connectivity index (χ3v) is 9.39. The Morgan fingerprint density at radius 1 is 0.645 bits per heavy atom. The molecule has 6 rings (SSSR count). The highest BCUT2D eigenvalue weighted by Crippen LogP contribution is 2.24. The van der Waals surface area contributed by atoms with E-state index in [-0.39, 0.29) is 85.5 Å². The summed E-state index contributed by atoms with van der Waals surface area (Å²) >= 11 is 5.81. The second-order valence-electron chi connectivity index (χ2n) is 15.4. The highest BCUT2D eigenvalue weighted by Gasteiger charge is 2.13. The van der Waals surface area contributed by atoms with Gasteiger partial charge >= 0.3 is 29.8 Å². The number of carboxylic acids is 5. The van der Waals surface area contributed by atoms with Crippen LogP contribution in [0.2, 0.25) is 0 Å². The molecule has 76 heavy (non-hydrogen) atoms. The van der Waals surface area contributed by atoms with E-state index < -0.39 is 29.8 Å². The van der Waals surface area contributed by atoms with Gasteiger partial charge in [-0.05, 0) is 104 Å². The molecule has 0 radical (unpaired) electrons. The van der Waals surface area contributed by atoms with E-state index in [0.717, 1.165) is 49.5 Å². The molecule has 0 aliphatic carbocycles. The second kappa shape index (κ2) is 33.7. The van der Waals surface area contributed by atoms with Crippen LogP contribution in [0.4, 0.5) is 22.7 Å². The molecule has 1 unspecified atom stereocenters. The van der Waals surface area contributed by atoms with E-state index in [1.165, 1.54) is 66.4 Å². The highest BCUT2D eigenvalue weighted by molar-refractivity contribution is 8.13. The number of aromatic hydroxyl groups is 6. The molecule has 0 bridgehead atoms. The maximum atomic E-state index is 10.9. The number of carbonyl (C=O) groups is 5. The van der Waals surface area contributed by atoms with E-state index >= 15 is 0 Å². The molecule has 29 heteroatoms. The Labute approximate surface area is 449 Å². The van der Waals surface area contributed by atoms with Crippen LogP contribution in [0.25, 0.3) is 0 Å². The number of nitrogens with two attached hydrogens (primary N) is 5. The fourth-order valence-electron chi connectivity index (χ4n) is 5.14. The van der Waals surface area contributed by atoms with Crippen molar-refractivity contribution in [3.63, 3.8) is 0 Å². The molecule has 1 heterocycles. The number of aliphatic imine (C=N–C) groups is 2. The lowest BCUT2D eigenvalue weighted by Gasteiger charge is -2.20. The number of amidine groups is 1. The highest BCUT2D eigenvalue weighted by atomic mass is 35.5. The van der Waals surface area contributed by atoms with Gasteiger partial charge in [-0.15, -0.1) is 12.4 Å². The Bertz CT molecular complexity index is 2760. The van der Waals surface area contributed by atoms with Crippen LogP contribution in [0, 0.1) is 11.8 Å². The molecule has 0 saturated carbocycles. The van der Waals surface area contributed by atoms with Gasteiger partial charge in [-0.3, -0.25) is 4.99 Å². The fourth-order valence-corrected chi connectivity index (χ4v) is 5.46. The minimum absolute atomic E-state index is 0. The summed E-state index contributed by atoms with van der Waals surface area (Å²) in [6.07, 6.45) is 1.75. The maximum Gasteiger partial charge on any atom is 0.335 e. The molecule has 0 fully saturated rings. The Balaban J connectivity index is 0.000000907. The lowest BCUT2D eigenvalue weighted by molar-refractivity contribution is 0.0685.